The Morgan fingerprint density at radius 3 is 2.91 bits per heavy atom. The van der Waals surface area contributed by atoms with Gasteiger partial charge in [-0.1, -0.05) is 19.4 Å². The van der Waals surface area contributed by atoms with Gasteiger partial charge in [0.1, 0.15) is 17.6 Å². The minimum Gasteiger partial charge on any atom is -0.508 e. The number of phenolic OH excluding ortho intramolecular Hbond substituents is 1. The van der Waals surface area contributed by atoms with Crippen molar-refractivity contribution in [3.8, 4) is 11.5 Å². The number of ether oxygens (including phenoxy) is 2. The summed E-state index contributed by atoms with van der Waals surface area (Å²) in [6, 6.07) is 2.84. The average molecular weight is 318 g/mol. The topological polar surface area (TPSA) is 72.8 Å². The van der Waals surface area contributed by atoms with Gasteiger partial charge in [0.2, 0.25) is 0 Å². The van der Waals surface area contributed by atoms with Gasteiger partial charge in [0, 0.05) is 6.07 Å². The van der Waals surface area contributed by atoms with Crippen LogP contribution in [0.25, 0.3) is 0 Å². The highest BCUT2D eigenvalue weighted by atomic mass is 16.5. The Kier molecular flexibility index (Phi) is 5.79. The van der Waals surface area contributed by atoms with Crippen molar-refractivity contribution < 1.29 is 24.2 Å². The lowest BCUT2D eigenvalue weighted by Crippen LogP contribution is -2.26. The largest absolute Gasteiger partial charge is 0.508 e. The zero-order valence-corrected chi connectivity index (χ0v) is 13.5. The van der Waals surface area contributed by atoms with Crippen LogP contribution in [-0.4, -0.2) is 29.6 Å². The number of allylic oxidation sites excluding steroid dienone is 1. The second kappa shape index (κ2) is 7.81. The highest BCUT2D eigenvalue weighted by Crippen LogP contribution is 2.35. The number of esters is 1. The van der Waals surface area contributed by atoms with Gasteiger partial charge in [-0.05, 0) is 31.1 Å². The second-order valence-electron chi connectivity index (χ2n) is 5.46. The number of hydrogen-bond acceptors (Lipinski definition) is 5. The van der Waals surface area contributed by atoms with Crippen LogP contribution in [0.2, 0.25) is 0 Å². The Balaban J connectivity index is 2.27. The smallest absolute Gasteiger partial charge is 0.310 e. The summed E-state index contributed by atoms with van der Waals surface area (Å²) >= 11 is 0. The summed E-state index contributed by atoms with van der Waals surface area (Å²) < 4.78 is 10.7. The van der Waals surface area contributed by atoms with Crippen LogP contribution in [0.3, 0.4) is 0 Å². The normalized spacial score (nSPS) is 17.0. The van der Waals surface area contributed by atoms with Crippen LogP contribution in [0, 0.1) is 0 Å². The van der Waals surface area contributed by atoms with E-state index in [1.807, 2.05) is 12.2 Å². The number of Topliss-reactive ketones (excluding diaryl/α,β-unsaturated/α-hetero) is 1. The van der Waals surface area contributed by atoms with Crippen LogP contribution in [-0.2, 0) is 16.0 Å². The Hall–Kier alpha value is -2.30. The lowest BCUT2D eigenvalue weighted by Gasteiger charge is -2.25. The van der Waals surface area contributed by atoms with Gasteiger partial charge >= 0.3 is 5.97 Å². The van der Waals surface area contributed by atoms with Crippen LogP contribution in [0.5, 0.6) is 11.5 Å². The molecule has 1 heterocycles. The lowest BCUT2D eigenvalue weighted by molar-refractivity contribution is -0.142. The third-order valence-corrected chi connectivity index (χ3v) is 3.56. The maximum Gasteiger partial charge on any atom is 0.310 e. The average Bonchev–Trinajstić information content (AvgIpc) is 2.46. The van der Waals surface area contributed by atoms with E-state index < -0.39 is 5.97 Å². The molecule has 23 heavy (non-hydrogen) atoms. The molecule has 0 saturated carbocycles. The Labute approximate surface area is 135 Å². The van der Waals surface area contributed by atoms with Crippen molar-refractivity contribution in [3.05, 3.63) is 35.4 Å². The first-order valence-electron chi connectivity index (χ1n) is 7.93. The van der Waals surface area contributed by atoms with E-state index in [0.717, 1.165) is 12.8 Å². The van der Waals surface area contributed by atoms with Gasteiger partial charge in [-0.15, -0.1) is 0 Å². The fourth-order valence-corrected chi connectivity index (χ4v) is 2.58. The molecule has 0 aromatic heterocycles. The molecule has 0 saturated heterocycles. The molecule has 0 aliphatic carbocycles. The molecule has 0 fully saturated rings. The van der Waals surface area contributed by atoms with E-state index in [0.29, 0.717) is 16.9 Å². The molecule has 1 unspecified atom stereocenters. The number of hydrogen-bond donors (Lipinski definition) is 1. The molecule has 1 aromatic rings. The predicted molar refractivity (Wildman–Crippen MR) is 85.9 cm³/mol. The molecule has 124 valence electrons. The molecule has 0 bridgehead atoms. The molecule has 1 atom stereocenters. The number of phenols is 1. The van der Waals surface area contributed by atoms with Crippen LogP contribution in [0.1, 0.15) is 49.0 Å². The minimum atomic E-state index is -0.432. The summed E-state index contributed by atoms with van der Waals surface area (Å²) in [5.74, 6) is -0.226. The van der Waals surface area contributed by atoms with E-state index in [4.69, 9.17) is 9.47 Å². The molecular formula is C18H22O5. The van der Waals surface area contributed by atoms with E-state index in [1.165, 1.54) is 12.1 Å². The zero-order chi connectivity index (χ0) is 16.8. The van der Waals surface area contributed by atoms with Gasteiger partial charge in [-0.3, -0.25) is 9.59 Å². The van der Waals surface area contributed by atoms with Gasteiger partial charge < -0.3 is 14.6 Å². The molecule has 0 spiro atoms. The number of aromatic hydroxyl groups is 1. The van der Waals surface area contributed by atoms with Gasteiger partial charge in [0.15, 0.2) is 5.78 Å². The molecule has 5 nitrogen and oxygen atoms in total. The highest BCUT2D eigenvalue weighted by Gasteiger charge is 2.29. The Morgan fingerprint density at radius 2 is 2.22 bits per heavy atom. The molecule has 1 aromatic carbocycles. The molecule has 2 rings (SSSR count). The van der Waals surface area contributed by atoms with Gasteiger partial charge in [0.25, 0.3) is 0 Å². The Morgan fingerprint density at radius 1 is 1.43 bits per heavy atom. The maximum atomic E-state index is 12.5. The predicted octanol–water partition coefficient (Wildman–Crippen LogP) is 3.19. The van der Waals surface area contributed by atoms with Crippen molar-refractivity contribution in [1.82, 2.24) is 0 Å². The van der Waals surface area contributed by atoms with Crippen molar-refractivity contribution in [2.75, 3.05) is 6.61 Å². The van der Waals surface area contributed by atoms with E-state index >= 15 is 0 Å². The fraction of sp³-hybridized carbons (Fsp3) is 0.444. The third kappa shape index (κ3) is 4.34. The van der Waals surface area contributed by atoms with Crippen LogP contribution in [0.15, 0.2) is 24.3 Å². The van der Waals surface area contributed by atoms with Crippen LogP contribution >= 0.6 is 0 Å². The molecule has 0 radical (unpaired) electrons. The van der Waals surface area contributed by atoms with Crippen molar-refractivity contribution >= 4 is 11.8 Å². The van der Waals surface area contributed by atoms with E-state index in [9.17, 15) is 14.7 Å². The minimum absolute atomic E-state index is 0.0333. The van der Waals surface area contributed by atoms with Gasteiger partial charge in [-0.2, -0.15) is 0 Å². The summed E-state index contributed by atoms with van der Waals surface area (Å²) in [6.07, 6.45) is 5.65. The third-order valence-electron chi connectivity index (χ3n) is 3.56. The van der Waals surface area contributed by atoms with E-state index in [2.05, 4.69) is 6.92 Å². The number of unbranched alkanes of at least 4 members (excludes halogenated alkanes) is 1. The molecule has 1 aliphatic heterocycles. The number of fused-ring (bicyclic) bond motifs is 1. The summed E-state index contributed by atoms with van der Waals surface area (Å²) in [6.45, 7) is 4.07. The summed E-state index contributed by atoms with van der Waals surface area (Å²) in [5, 5.41) is 9.84. The van der Waals surface area contributed by atoms with E-state index in [-0.39, 0.29) is 37.1 Å². The molecule has 1 aliphatic rings. The number of carbonyl (C=O) groups is 2. The van der Waals surface area contributed by atoms with Gasteiger partial charge in [-0.25, -0.2) is 0 Å². The first-order chi connectivity index (χ1) is 11.0. The lowest BCUT2D eigenvalue weighted by atomic mass is 9.93. The molecule has 1 N–H and O–H groups in total. The summed E-state index contributed by atoms with van der Waals surface area (Å²) in [5.41, 5.74) is 0.815. The Bertz CT molecular complexity index is 618. The number of ketones is 1. The summed E-state index contributed by atoms with van der Waals surface area (Å²) in [7, 11) is 0. The van der Waals surface area contributed by atoms with E-state index in [1.54, 1.807) is 6.92 Å². The van der Waals surface area contributed by atoms with Crippen molar-refractivity contribution in [1.29, 1.82) is 0 Å². The zero-order valence-electron chi connectivity index (χ0n) is 13.5. The number of carbonyl (C=O) groups excluding carboxylic acids is 2. The highest BCUT2D eigenvalue weighted by molar-refractivity contribution is 6.02. The maximum absolute atomic E-state index is 12.5. The van der Waals surface area contributed by atoms with Crippen molar-refractivity contribution in [3.63, 3.8) is 0 Å². The SMILES string of the molecule is CCC/C=C/C1CC(=O)c2c(CC(=O)OCC)cc(O)cc2O1. The molecule has 0 amide bonds. The summed E-state index contributed by atoms with van der Waals surface area (Å²) in [4.78, 5) is 24.1. The first-order valence-corrected chi connectivity index (χ1v) is 7.93. The fourth-order valence-electron chi connectivity index (χ4n) is 2.58. The van der Waals surface area contributed by atoms with Gasteiger partial charge in [0.05, 0.1) is 25.0 Å². The second-order valence-corrected chi connectivity index (χ2v) is 5.46. The number of rotatable bonds is 6. The quantitative estimate of drug-likeness (QED) is 0.644. The van der Waals surface area contributed by atoms with Crippen LogP contribution < -0.4 is 4.74 Å². The van der Waals surface area contributed by atoms with Crippen molar-refractivity contribution in [2.24, 2.45) is 0 Å². The monoisotopic (exact) mass is 318 g/mol. The van der Waals surface area contributed by atoms with Crippen molar-refractivity contribution in [2.45, 2.75) is 45.6 Å². The standard InChI is InChI=1S/C18H22O5/c1-3-5-6-7-14-11-15(20)18-12(9-17(21)22-4-2)8-13(19)10-16(18)23-14/h6-8,10,14,19H,3-5,9,11H2,1-2H3/b7-6+. The van der Waals surface area contributed by atoms with Crippen LogP contribution in [0.4, 0.5) is 0 Å². The first kappa shape index (κ1) is 17.1. The number of benzene rings is 1. The molecular weight excluding hydrogens is 296 g/mol. The molecule has 5 heteroatoms.